The van der Waals surface area contributed by atoms with Crippen LogP contribution in [0.3, 0.4) is 0 Å². The zero-order valence-electron chi connectivity index (χ0n) is 25.2. The minimum Gasteiger partial charge on any atom is -0.208 e. The van der Waals surface area contributed by atoms with Crippen molar-refractivity contribution in [2.75, 3.05) is 0 Å². The molecule has 1 heterocycles. The third kappa shape index (κ3) is 6.62. The summed E-state index contributed by atoms with van der Waals surface area (Å²) in [5.41, 5.74) is 11.4. The fraction of sp³-hybridized carbons (Fsp3) is 0.175. The lowest BCUT2D eigenvalue weighted by molar-refractivity contribution is 0.795. The maximum atomic E-state index is 5.07. The smallest absolute Gasteiger partial charge is 0.164 e. The average molecular weight is 560 g/mol. The molecule has 212 valence electrons. The van der Waals surface area contributed by atoms with E-state index < -0.39 is 0 Å². The van der Waals surface area contributed by atoms with Crippen LogP contribution in [0.25, 0.3) is 56.4 Å². The number of benzene rings is 5. The van der Waals surface area contributed by atoms with Gasteiger partial charge >= 0.3 is 0 Å². The van der Waals surface area contributed by atoms with Crippen LogP contribution in [0.2, 0.25) is 0 Å². The second-order valence-electron chi connectivity index (χ2n) is 11.2. The summed E-state index contributed by atoms with van der Waals surface area (Å²) in [6.07, 6.45) is 4.51. The molecule has 0 radical (unpaired) electrons. The van der Waals surface area contributed by atoms with Gasteiger partial charge in [-0.2, -0.15) is 0 Å². The maximum Gasteiger partial charge on any atom is 0.164 e. The summed E-state index contributed by atoms with van der Waals surface area (Å²) < 4.78 is 0. The number of aromatic nitrogens is 3. The van der Waals surface area contributed by atoms with Crippen molar-refractivity contribution in [3.63, 3.8) is 0 Å². The van der Waals surface area contributed by atoms with Crippen molar-refractivity contribution in [2.45, 2.75) is 46.5 Å². The van der Waals surface area contributed by atoms with Gasteiger partial charge in [0.2, 0.25) is 0 Å². The van der Waals surface area contributed by atoms with Crippen LogP contribution in [0.15, 0.2) is 121 Å². The van der Waals surface area contributed by atoms with Gasteiger partial charge in [0.1, 0.15) is 0 Å². The van der Waals surface area contributed by atoms with E-state index in [1.54, 1.807) is 0 Å². The number of nitrogens with zero attached hydrogens (tertiary/aromatic N) is 3. The number of hydrogen-bond donors (Lipinski definition) is 0. The van der Waals surface area contributed by atoms with Crippen molar-refractivity contribution in [3.05, 3.63) is 138 Å². The molecule has 0 saturated carbocycles. The molecular weight excluding hydrogens is 522 g/mol. The zero-order valence-corrected chi connectivity index (χ0v) is 25.2. The molecule has 3 heteroatoms. The Morgan fingerprint density at radius 2 is 0.907 bits per heavy atom. The van der Waals surface area contributed by atoms with Gasteiger partial charge in [0, 0.05) is 16.7 Å². The highest BCUT2D eigenvalue weighted by atomic mass is 15.0. The Kier molecular flexibility index (Phi) is 8.51. The van der Waals surface area contributed by atoms with Crippen LogP contribution in [0, 0.1) is 6.92 Å². The predicted octanol–water partition coefficient (Wildman–Crippen LogP) is 10.4. The van der Waals surface area contributed by atoms with E-state index in [1.807, 2.05) is 0 Å². The Bertz CT molecular complexity index is 1800. The predicted molar refractivity (Wildman–Crippen MR) is 180 cm³/mol. The lowest BCUT2D eigenvalue weighted by atomic mass is 9.95. The third-order valence-electron chi connectivity index (χ3n) is 7.97. The topological polar surface area (TPSA) is 38.7 Å². The van der Waals surface area contributed by atoms with Gasteiger partial charge in [-0.05, 0) is 77.8 Å². The van der Waals surface area contributed by atoms with E-state index in [9.17, 15) is 0 Å². The summed E-state index contributed by atoms with van der Waals surface area (Å²) in [4.78, 5) is 15.1. The molecule has 3 nitrogen and oxygen atoms in total. The minimum absolute atomic E-state index is 0.666. The summed E-state index contributed by atoms with van der Waals surface area (Å²) in [6, 6.07) is 43.1. The molecule has 5 aromatic carbocycles. The molecule has 0 aliphatic carbocycles. The van der Waals surface area contributed by atoms with E-state index in [2.05, 4.69) is 142 Å². The van der Waals surface area contributed by atoms with Gasteiger partial charge in [0.05, 0.1) is 0 Å². The Hall–Kier alpha value is -4.89. The Morgan fingerprint density at radius 3 is 1.47 bits per heavy atom. The van der Waals surface area contributed by atoms with E-state index >= 15 is 0 Å². The number of hydrogen-bond acceptors (Lipinski definition) is 3. The van der Waals surface area contributed by atoms with Crippen LogP contribution in [0.5, 0.6) is 0 Å². The van der Waals surface area contributed by atoms with Crippen molar-refractivity contribution < 1.29 is 0 Å². The van der Waals surface area contributed by atoms with Gasteiger partial charge in [0.15, 0.2) is 17.5 Å². The van der Waals surface area contributed by atoms with E-state index in [0.29, 0.717) is 17.5 Å². The fourth-order valence-corrected chi connectivity index (χ4v) is 5.32. The molecule has 0 aliphatic rings. The molecule has 6 rings (SSSR count). The fourth-order valence-electron chi connectivity index (χ4n) is 5.32. The minimum atomic E-state index is 0.666. The summed E-state index contributed by atoms with van der Waals surface area (Å²) in [6.45, 7) is 6.50. The van der Waals surface area contributed by atoms with Gasteiger partial charge in [0.25, 0.3) is 0 Å². The molecule has 0 atom stereocenters. The first-order chi connectivity index (χ1) is 21.1. The first-order valence-corrected chi connectivity index (χ1v) is 15.3. The molecule has 0 N–H and O–H groups in total. The first kappa shape index (κ1) is 28.2. The summed E-state index contributed by atoms with van der Waals surface area (Å²) in [7, 11) is 0. The van der Waals surface area contributed by atoms with Crippen molar-refractivity contribution in [1.82, 2.24) is 15.0 Å². The number of rotatable bonds is 9. The van der Waals surface area contributed by atoms with E-state index in [0.717, 1.165) is 46.2 Å². The van der Waals surface area contributed by atoms with Gasteiger partial charge < -0.3 is 0 Å². The molecule has 0 bridgehead atoms. The van der Waals surface area contributed by atoms with Crippen LogP contribution in [-0.2, 0) is 12.8 Å². The number of unbranched alkanes of at least 4 members (excludes halogenated alkanes) is 1. The molecule has 0 fully saturated rings. The van der Waals surface area contributed by atoms with Crippen LogP contribution < -0.4 is 0 Å². The van der Waals surface area contributed by atoms with Gasteiger partial charge in [-0.15, -0.1) is 0 Å². The van der Waals surface area contributed by atoms with Crippen LogP contribution in [-0.4, -0.2) is 15.0 Å². The quantitative estimate of drug-likeness (QED) is 0.177. The van der Waals surface area contributed by atoms with Gasteiger partial charge in [-0.25, -0.2) is 15.0 Å². The van der Waals surface area contributed by atoms with Gasteiger partial charge in [-0.1, -0.05) is 129 Å². The third-order valence-corrected chi connectivity index (χ3v) is 7.97. The number of aryl methyl sites for hydroxylation is 3. The SMILES string of the molecule is CCCCc1ccc(-c2cc(-c3ccccc3)cc(-c3nc(-c4ccc(C)cc4)nc(-c4ccc(CC)cc4)n3)c2)cc1. The normalized spacial score (nSPS) is 11.0. The summed E-state index contributed by atoms with van der Waals surface area (Å²) in [5.74, 6) is 2.01. The molecule has 6 aromatic rings. The Morgan fingerprint density at radius 1 is 0.442 bits per heavy atom. The molecule has 0 unspecified atom stereocenters. The lowest BCUT2D eigenvalue weighted by Gasteiger charge is -2.13. The van der Waals surface area contributed by atoms with E-state index in [4.69, 9.17) is 15.0 Å². The van der Waals surface area contributed by atoms with Gasteiger partial charge in [-0.3, -0.25) is 0 Å². The molecule has 0 spiro atoms. The van der Waals surface area contributed by atoms with Crippen molar-refractivity contribution in [3.8, 4) is 56.4 Å². The summed E-state index contributed by atoms with van der Waals surface area (Å²) in [5, 5.41) is 0. The standard InChI is InChI=1S/C40H37N3/c1-4-6-10-30-17-21-32(22-18-30)36-25-35(31-11-8-7-9-12-31)26-37(27-36)40-42-38(33-19-13-28(3)14-20-33)41-39(43-40)34-23-15-29(5-2)16-24-34/h7-9,11-27H,4-6,10H2,1-3H3. The molecule has 0 amide bonds. The zero-order chi connectivity index (χ0) is 29.6. The van der Waals surface area contributed by atoms with Crippen LogP contribution in [0.1, 0.15) is 43.4 Å². The molecule has 1 aromatic heterocycles. The van der Waals surface area contributed by atoms with Crippen molar-refractivity contribution in [2.24, 2.45) is 0 Å². The first-order valence-electron chi connectivity index (χ1n) is 15.3. The monoisotopic (exact) mass is 559 g/mol. The average Bonchev–Trinajstić information content (AvgIpc) is 3.08. The van der Waals surface area contributed by atoms with Crippen molar-refractivity contribution in [1.29, 1.82) is 0 Å². The molecular formula is C40H37N3. The lowest BCUT2D eigenvalue weighted by Crippen LogP contribution is -2.01. The maximum absolute atomic E-state index is 5.07. The highest BCUT2D eigenvalue weighted by Crippen LogP contribution is 2.33. The highest BCUT2D eigenvalue weighted by molar-refractivity contribution is 5.80. The molecule has 0 saturated heterocycles. The van der Waals surface area contributed by atoms with E-state index in [-0.39, 0.29) is 0 Å². The molecule has 0 aliphatic heterocycles. The second-order valence-corrected chi connectivity index (χ2v) is 11.2. The van der Waals surface area contributed by atoms with E-state index in [1.165, 1.54) is 35.1 Å². The Balaban J connectivity index is 1.51. The molecule has 43 heavy (non-hydrogen) atoms. The highest BCUT2D eigenvalue weighted by Gasteiger charge is 2.15. The summed E-state index contributed by atoms with van der Waals surface area (Å²) >= 11 is 0. The van der Waals surface area contributed by atoms with Crippen molar-refractivity contribution >= 4 is 0 Å². The van der Waals surface area contributed by atoms with Crippen LogP contribution >= 0.6 is 0 Å². The largest absolute Gasteiger partial charge is 0.208 e. The van der Waals surface area contributed by atoms with Crippen LogP contribution in [0.4, 0.5) is 0 Å². The Labute approximate surface area is 255 Å². The second kappa shape index (κ2) is 13.0.